The number of esters is 3. The van der Waals surface area contributed by atoms with Crippen LogP contribution in [0.15, 0.2) is 158 Å². The predicted octanol–water partition coefficient (Wildman–Crippen LogP) is 18.7. The number of phosphoric acid groups is 2. The molecule has 0 radical (unpaired) electrons. The van der Waals surface area contributed by atoms with Gasteiger partial charge in [0.25, 0.3) is 0 Å². The molecule has 0 fully saturated rings. The molecule has 0 aromatic carbocycles. The second kappa shape index (κ2) is 65.2. The van der Waals surface area contributed by atoms with E-state index < -0.39 is 91.5 Å². The van der Waals surface area contributed by atoms with Crippen LogP contribution in [0, 0.1) is 0 Å². The lowest BCUT2D eigenvalue weighted by molar-refractivity contribution is -0.161. The van der Waals surface area contributed by atoms with Crippen LogP contribution >= 0.6 is 15.6 Å². The minimum Gasteiger partial charge on any atom is -0.463 e. The van der Waals surface area contributed by atoms with Crippen LogP contribution in [-0.4, -0.2) is 95.9 Å². The van der Waals surface area contributed by atoms with Crippen molar-refractivity contribution in [1.82, 2.24) is 0 Å². The van der Waals surface area contributed by atoms with Crippen molar-refractivity contribution in [2.45, 2.75) is 245 Å². The van der Waals surface area contributed by atoms with Crippen molar-refractivity contribution in [3.05, 3.63) is 158 Å². The minimum atomic E-state index is -4.95. The van der Waals surface area contributed by atoms with Gasteiger partial charge in [-0.3, -0.25) is 32.5 Å². The van der Waals surface area contributed by atoms with Crippen LogP contribution in [0.5, 0.6) is 0 Å². The first-order valence-electron chi connectivity index (χ1n) is 33.8. The lowest BCUT2D eigenvalue weighted by atomic mass is 10.1. The Balaban J connectivity index is 4.80. The lowest BCUT2D eigenvalue weighted by Gasteiger charge is -2.21. The van der Waals surface area contributed by atoms with Crippen LogP contribution in [0.1, 0.15) is 226 Å². The van der Waals surface area contributed by atoms with Gasteiger partial charge in [0.1, 0.15) is 25.4 Å². The zero-order valence-corrected chi connectivity index (χ0v) is 57.5. The summed E-state index contributed by atoms with van der Waals surface area (Å²) in [6.45, 7) is 2.19. The van der Waals surface area contributed by atoms with Crippen molar-refractivity contribution in [3.8, 4) is 0 Å². The van der Waals surface area contributed by atoms with Gasteiger partial charge in [-0.05, 0) is 135 Å². The molecule has 16 nitrogen and oxygen atoms in total. The number of aliphatic hydroxyl groups excluding tert-OH is 2. The number of carbonyl (C=O) groups excluding carboxylic acids is 3. The molecule has 0 aliphatic heterocycles. The zero-order chi connectivity index (χ0) is 66.7. The summed E-state index contributed by atoms with van der Waals surface area (Å²) in [4.78, 5) is 58.4. The number of unbranched alkanes of at least 4 members (excludes halogenated alkanes) is 13. The third-order valence-corrected chi connectivity index (χ3v) is 15.1. The number of aliphatic hydroxyl groups is 2. The molecule has 91 heavy (non-hydrogen) atoms. The van der Waals surface area contributed by atoms with Gasteiger partial charge in [-0.1, -0.05) is 230 Å². The highest BCUT2D eigenvalue weighted by Gasteiger charge is 2.29. The number of rotatable bonds is 62. The maximum Gasteiger partial charge on any atom is 0.472 e. The van der Waals surface area contributed by atoms with E-state index in [0.29, 0.717) is 25.7 Å². The molecular formula is C73H118O16P2. The first-order chi connectivity index (χ1) is 44.2. The van der Waals surface area contributed by atoms with Gasteiger partial charge in [0.05, 0.1) is 26.4 Å². The number of ether oxygens (including phenoxy) is 3. The summed E-state index contributed by atoms with van der Waals surface area (Å²) in [5.41, 5.74) is 0. The molecule has 0 aliphatic rings. The van der Waals surface area contributed by atoms with Gasteiger partial charge in [-0.25, -0.2) is 9.13 Å². The van der Waals surface area contributed by atoms with Gasteiger partial charge in [0.2, 0.25) is 0 Å². The van der Waals surface area contributed by atoms with E-state index in [-0.39, 0.29) is 19.3 Å². The van der Waals surface area contributed by atoms with Gasteiger partial charge in [-0.15, -0.1) is 0 Å². The van der Waals surface area contributed by atoms with E-state index >= 15 is 0 Å². The van der Waals surface area contributed by atoms with Crippen LogP contribution in [0.25, 0.3) is 0 Å². The molecule has 0 heterocycles. The molecule has 516 valence electrons. The Hall–Kier alpha value is -4.83. The van der Waals surface area contributed by atoms with Crippen LogP contribution in [0.2, 0.25) is 0 Å². The quantitative estimate of drug-likeness (QED) is 0.0146. The van der Waals surface area contributed by atoms with Gasteiger partial charge in [0, 0.05) is 19.3 Å². The third kappa shape index (κ3) is 66.4. The first-order valence-corrected chi connectivity index (χ1v) is 36.8. The van der Waals surface area contributed by atoms with Gasteiger partial charge < -0.3 is 34.2 Å². The molecule has 0 saturated carbocycles. The monoisotopic (exact) mass is 1310 g/mol. The van der Waals surface area contributed by atoms with E-state index in [9.17, 15) is 43.5 Å². The zero-order valence-electron chi connectivity index (χ0n) is 55.7. The van der Waals surface area contributed by atoms with Crippen molar-refractivity contribution in [3.63, 3.8) is 0 Å². The average Bonchev–Trinajstić information content (AvgIpc) is 3.75. The highest BCUT2D eigenvalue weighted by Crippen LogP contribution is 2.45. The topological polar surface area (TPSA) is 231 Å². The summed E-state index contributed by atoms with van der Waals surface area (Å²) in [6.07, 6.45) is 78.7. The fraction of sp³-hybridized carbons (Fsp3) is 0.603. The molecule has 0 amide bonds. The number of allylic oxidation sites excluding steroid dienone is 26. The highest BCUT2D eigenvalue weighted by atomic mass is 31.2. The van der Waals surface area contributed by atoms with Crippen molar-refractivity contribution in [2.75, 3.05) is 39.6 Å². The van der Waals surface area contributed by atoms with Crippen LogP contribution in [-0.2, 0) is 55.8 Å². The summed E-state index contributed by atoms with van der Waals surface area (Å²) >= 11 is 0. The van der Waals surface area contributed by atoms with E-state index in [0.717, 1.165) is 161 Å². The molecular weight excluding hydrogens is 1190 g/mol. The van der Waals surface area contributed by atoms with Crippen molar-refractivity contribution in [1.29, 1.82) is 0 Å². The molecule has 0 aliphatic carbocycles. The van der Waals surface area contributed by atoms with Gasteiger partial charge >= 0.3 is 33.6 Å². The molecule has 0 rings (SSSR count). The highest BCUT2D eigenvalue weighted by molar-refractivity contribution is 7.47. The van der Waals surface area contributed by atoms with E-state index in [2.05, 4.69) is 167 Å². The Bertz CT molecular complexity index is 2290. The SMILES string of the molecule is CC/C=C\C/C=C\C/C=C\C/C=C\C/C=C\CCCC(=O)OC(COC(=O)CCCCCCCC/C=C\C/C=C\C/C=C\C/C=C\CC)COP(=O)(O)OCC(O)COP(=O)(O)OCC(O)COC(=O)CCCCCCCC/C=C\C/C=C\C/C=C\C/C=C\CC. The van der Waals surface area contributed by atoms with Crippen LogP contribution in [0.3, 0.4) is 0 Å². The average molecular weight is 1310 g/mol. The first kappa shape index (κ1) is 86.2. The minimum absolute atomic E-state index is 0.0163. The fourth-order valence-electron chi connectivity index (χ4n) is 8.17. The Morgan fingerprint density at radius 3 is 0.901 bits per heavy atom. The fourth-order valence-corrected chi connectivity index (χ4v) is 9.76. The Morgan fingerprint density at radius 2 is 0.560 bits per heavy atom. The lowest BCUT2D eigenvalue weighted by Crippen LogP contribution is -2.30. The van der Waals surface area contributed by atoms with E-state index in [1.165, 1.54) is 0 Å². The number of hydrogen-bond acceptors (Lipinski definition) is 14. The number of phosphoric ester groups is 2. The van der Waals surface area contributed by atoms with Crippen LogP contribution < -0.4 is 0 Å². The second-order valence-corrected chi connectivity index (χ2v) is 24.7. The summed E-state index contributed by atoms with van der Waals surface area (Å²) in [7, 11) is -9.82. The van der Waals surface area contributed by atoms with Crippen molar-refractivity contribution in [2.24, 2.45) is 0 Å². The smallest absolute Gasteiger partial charge is 0.463 e. The molecule has 0 spiro atoms. The van der Waals surface area contributed by atoms with Gasteiger partial charge in [0.15, 0.2) is 6.10 Å². The summed E-state index contributed by atoms with van der Waals surface area (Å²) in [5.74, 6) is -1.69. The van der Waals surface area contributed by atoms with Crippen molar-refractivity contribution < 1.29 is 75.8 Å². The molecule has 0 bridgehead atoms. The second-order valence-electron chi connectivity index (χ2n) is 21.8. The molecule has 0 aromatic heterocycles. The predicted molar refractivity (Wildman–Crippen MR) is 371 cm³/mol. The molecule has 5 unspecified atom stereocenters. The van der Waals surface area contributed by atoms with Gasteiger partial charge in [-0.2, -0.15) is 0 Å². The van der Waals surface area contributed by atoms with E-state index in [1.54, 1.807) is 0 Å². The molecule has 5 atom stereocenters. The number of hydrogen-bond donors (Lipinski definition) is 4. The number of carbonyl (C=O) groups is 3. The maximum absolute atomic E-state index is 12.9. The molecule has 0 aromatic rings. The van der Waals surface area contributed by atoms with Crippen molar-refractivity contribution >= 4 is 33.6 Å². The molecule has 0 saturated heterocycles. The maximum atomic E-state index is 12.9. The summed E-state index contributed by atoms with van der Waals surface area (Å²) < 4.78 is 60.8. The third-order valence-electron chi connectivity index (χ3n) is 13.2. The van der Waals surface area contributed by atoms with E-state index in [1.807, 2.05) is 12.2 Å². The Labute approximate surface area is 549 Å². The van der Waals surface area contributed by atoms with Crippen LogP contribution in [0.4, 0.5) is 0 Å². The normalized spacial score (nSPS) is 15.2. The van der Waals surface area contributed by atoms with E-state index in [4.69, 9.17) is 32.3 Å². The largest absolute Gasteiger partial charge is 0.472 e. The molecule has 4 N–H and O–H groups in total. The molecule has 18 heteroatoms. The summed E-state index contributed by atoms with van der Waals surface area (Å²) in [5, 5.41) is 20.5. The Morgan fingerprint density at radius 1 is 0.308 bits per heavy atom. The summed E-state index contributed by atoms with van der Waals surface area (Å²) in [6, 6.07) is 0. The Kier molecular flexibility index (Phi) is 61.8. The standard InChI is InChI=1S/C73H118O16P2/c1-4-7-10-13-16-19-22-25-28-31-33-36-38-41-44-47-50-53-56-59-71(76)83-62-68(74)63-85-90(79,80)86-64-69(75)65-87-91(81,82)88-67-70(89-73(78)61-58-55-52-49-46-43-40-35-30-27-24-21-18-15-12-9-6-3)66-84-72(77)60-57-54-51-48-45-42-39-37-34-32-29-26-23-20-17-14-11-8-5-2/h7-12,16-21,25-30,33-34,36-37,40,43,49,52,68-70,74-75H,4-6,13-15,22-24,31-32,35,38-39,41-42,44-48,50-51,53-67H2,1-3H3,(H,79,80)(H,81,82)/b10-7-,11-8-,12-9-,19-16-,20-17-,21-18-,28-25-,29-26-,30-27-,36-33-,37-34-,43-40-,52-49-.